The van der Waals surface area contributed by atoms with E-state index < -0.39 is 0 Å². The number of fused-ring (bicyclic) bond motifs is 9. The molecule has 0 amide bonds. The Morgan fingerprint density at radius 1 is 0.310 bits per heavy atom. The maximum atomic E-state index is 5.42. The van der Waals surface area contributed by atoms with Gasteiger partial charge in [-0.1, -0.05) is 152 Å². The molecular weight excluding hydrogens is 705 g/mol. The first-order valence-electron chi connectivity index (χ1n) is 19.7. The lowest BCUT2D eigenvalue weighted by Gasteiger charge is -2.12. The van der Waals surface area contributed by atoms with Gasteiger partial charge in [0.1, 0.15) is 0 Å². The number of benzene rings is 9. The molecule has 0 N–H and O–H groups in total. The maximum absolute atomic E-state index is 5.42. The molecule has 12 aromatic rings. The molecule has 3 aromatic heterocycles. The molecule has 58 heavy (non-hydrogen) atoms. The molecule has 0 aliphatic heterocycles. The second-order valence-electron chi connectivity index (χ2n) is 15.0. The van der Waals surface area contributed by atoms with Gasteiger partial charge < -0.3 is 4.57 Å². The van der Waals surface area contributed by atoms with E-state index in [1.165, 1.54) is 60.0 Å². The molecule has 0 atom stereocenters. The van der Waals surface area contributed by atoms with Crippen LogP contribution in [0.25, 0.3) is 110 Å². The maximum Gasteiger partial charge on any atom is 0.235 e. The van der Waals surface area contributed by atoms with Crippen molar-refractivity contribution in [2.45, 2.75) is 0 Å². The topological polar surface area (TPSA) is 35.6 Å². The highest BCUT2D eigenvalue weighted by Crippen LogP contribution is 2.41. The lowest BCUT2D eigenvalue weighted by molar-refractivity contribution is 1.01. The lowest BCUT2D eigenvalue weighted by Crippen LogP contribution is -2.03. The SMILES string of the molecule is c1ccc(-c2ccc(-c3nc(-n4c5ccc(-c6ccc7c(c6)c6ccccc6n7-c6ccccc6)cc5c5c6ccccc6ccc54)nc4ccccc34)cc2)cc1. The zero-order valence-electron chi connectivity index (χ0n) is 31.4. The zero-order valence-corrected chi connectivity index (χ0v) is 31.4. The molecule has 0 saturated heterocycles. The van der Waals surface area contributed by atoms with Crippen molar-refractivity contribution in [1.82, 2.24) is 19.1 Å². The van der Waals surface area contributed by atoms with Crippen LogP contribution in [0, 0.1) is 0 Å². The summed E-state index contributed by atoms with van der Waals surface area (Å²) in [6.07, 6.45) is 0. The highest BCUT2D eigenvalue weighted by molar-refractivity contribution is 6.22. The molecule has 0 radical (unpaired) electrons. The van der Waals surface area contributed by atoms with Crippen molar-refractivity contribution in [3.8, 4) is 45.1 Å². The zero-order chi connectivity index (χ0) is 38.2. The van der Waals surface area contributed by atoms with Gasteiger partial charge in [-0.15, -0.1) is 0 Å². The van der Waals surface area contributed by atoms with Crippen molar-refractivity contribution in [1.29, 1.82) is 0 Å². The Kier molecular flexibility index (Phi) is 7.20. The Hall–Kier alpha value is -7.82. The van der Waals surface area contributed by atoms with E-state index in [-0.39, 0.29) is 0 Å². The molecule has 3 heterocycles. The van der Waals surface area contributed by atoms with Crippen LogP contribution in [-0.2, 0) is 0 Å². The number of para-hydroxylation sites is 3. The van der Waals surface area contributed by atoms with E-state index in [4.69, 9.17) is 9.97 Å². The standard InChI is InChI=1S/C54H34N4/c1-3-13-35(14-4-1)36-23-25-38(26-24-36)53-44-20-9-11-21-47(44)55-54(56-53)58-50-31-29-40(34-46(50)52-42-18-8-7-15-37(42)27-32-51(52)58)39-28-30-49-45(33-39)43-19-10-12-22-48(43)57(49)41-16-5-2-6-17-41/h1-34H. The van der Waals surface area contributed by atoms with Crippen LogP contribution in [0.2, 0.25) is 0 Å². The Bertz CT molecular complexity index is 3540. The molecule has 12 rings (SSSR count). The van der Waals surface area contributed by atoms with Gasteiger partial charge in [-0.2, -0.15) is 0 Å². The van der Waals surface area contributed by atoms with Gasteiger partial charge >= 0.3 is 0 Å². The summed E-state index contributed by atoms with van der Waals surface area (Å²) in [5, 5.41) is 8.28. The lowest BCUT2D eigenvalue weighted by atomic mass is 9.99. The average Bonchev–Trinajstić information content (AvgIpc) is 3.82. The first-order chi connectivity index (χ1) is 28.8. The molecular formula is C54H34N4. The third kappa shape index (κ3) is 5.02. The quantitative estimate of drug-likeness (QED) is 0.176. The number of rotatable bonds is 5. The summed E-state index contributed by atoms with van der Waals surface area (Å²) < 4.78 is 4.62. The molecule has 0 spiro atoms. The van der Waals surface area contributed by atoms with E-state index in [0.717, 1.165) is 44.4 Å². The minimum absolute atomic E-state index is 0.652. The minimum Gasteiger partial charge on any atom is -0.309 e. The highest BCUT2D eigenvalue weighted by atomic mass is 15.2. The molecule has 0 bridgehead atoms. The summed E-state index contributed by atoms with van der Waals surface area (Å²) in [5.41, 5.74) is 13.3. The Labute approximate surface area is 334 Å². The summed E-state index contributed by atoms with van der Waals surface area (Å²) in [5.74, 6) is 0.652. The summed E-state index contributed by atoms with van der Waals surface area (Å²) in [7, 11) is 0. The second kappa shape index (κ2) is 12.9. The molecule has 0 saturated carbocycles. The van der Waals surface area contributed by atoms with Crippen molar-refractivity contribution in [2.75, 3.05) is 0 Å². The van der Waals surface area contributed by atoms with Crippen LogP contribution in [-0.4, -0.2) is 19.1 Å². The number of aromatic nitrogens is 4. The summed E-state index contributed by atoms with van der Waals surface area (Å²) in [4.78, 5) is 10.7. The summed E-state index contributed by atoms with van der Waals surface area (Å²) in [6, 6.07) is 73.8. The predicted molar refractivity (Wildman–Crippen MR) is 242 cm³/mol. The van der Waals surface area contributed by atoms with Gasteiger partial charge in [0, 0.05) is 38.2 Å². The van der Waals surface area contributed by atoms with Gasteiger partial charge in [-0.05, 0) is 87.6 Å². The average molecular weight is 739 g/mol. The molecule has 0 aliphatic rings. The number of hydrogen-bond acceptors (Lipinski definition) is 2. The van der Waals surface area contributed by atoms with E-state index in [9.17, 15) is 0 Å². The van der Waals surface area contributed by atoms with Gasteiger partial charge in [0.05, 0.1) is 33.3 Å². The van der Waals surface area contributed by atoms with Crippen molar-refractivity contribution in [3.05, 3.63) is 206 Å². The van der Waals surface area contributed by atoms with Crippen LogP contribution in [0.3, 0.4) is 0 Å². The van der Waals surface area contributed by atoms with E-state index in [2.05, 4.69) is 215 Å². The highest BCUT2D eigenvalue weighted by Gasteiger charge is 2.20. The fourth-order valence-corrected chi connectivity index (χ4v) is 9.03. The molecule has 9 aromatic carbocycles. The monoisotopic (exact) mass is 738 g/mol. The first-order valence-corrected chi connectivity index (χ1v) is 19.7. The van der Waals surface area contributed by atoms with Crippen LogP contribution in [0.4, 0.5) is 0 Å². The van der Waals surface area contributed by atoms with E-state index in [0.29, 0.717) is 5.95 Å². The summed E-state index contributed by atoms with van der Waals surface area (Å²) in [6.45, 7) is 0. The first kappa shape index (κ1) is 32.4. The number of nitrogens with zero attached hydrogens (tertiary/aromatic N) is 4. The van der Waals surface area contributed by atoms with E-state index >= 15 is 0 Å². The molecule has 270 valence electrons. The minimum atomic E-state index is 0.652. The Morgan fingerprint density at radius 2 is 0.862 bits per heavy atom. The van der Waals surface area contributed by atoms with Crippen LogP contribution in [0.15, 0.2) is 206 Å². The molecule has 4 heteroatoms. The molecule has 4 nitrogen and oxygen atoms in total. The van der Waals surface area contributed by atoms with Crippen LogP contribution < -0.4 is 0 Å². The van der Waals surface area contributed by atoms with Gasteiger partial charge in [-0.3, -0.25) is 4.57 Å². The normalized spacial score (nSPS) is 11.8. The van der Waals surface area contributed by atoms with Crippen molar-refractivity contribution >= 4 is 65.3 Å². The Balaban J connectivity index is 1.07. The van der Waals surface area contributed by atoms with Gasteiger partial charge in [0.15, 0.2) is 0 Å². The van der Waals surface area contributed by atoms with Crippen molar-refractivity contribution in [2.24, 2.45) is 0 Å². The molecule has 0 fully saturated rings. The van der Waals surface area contributed by atoms with E-state index in [1.54, 1.807) is 0 Å². The van der Waals surface area contributed by atoms with Gasteiger partial charge in [0.2, 0.25) is 5.95 Å². The van der Waals surface area contributed by atoms with E-state index in [1.807, 2.05) is 0 Å². The molecule has 0 unspecified atom stereocenters. The largest absolute Gasteiger partial charge is 0.309 e. The van der Waals surface area contributed by atoms with Crippen molar-refractivity contribution in [3.63, 3.8) is 0 Å². The van der Waals surface area contributed by atoms with Gasteiger partial charge in [-0.25, -0.2) is 9.97 Å². The third-order valence-electron chi connectivity index (χ3n) is 11.7. The fraction of sp³-hybridized carbons (Fsp3) is 0. The molecule has 0 aliphatic carbocycles. The third-order valence-corrected chi connectivity index (χ3v) is 11.7. The van der Waals surface area contributed by atoms with Gasteiger partial charge in [0.25, 0.3) is 0 Å². The fourth-order valence-electron chi connectivity index (χ4n) is 9.03. The van der Waals surface area contributed by atoms with Crippen molar-refractivity contribution < 1.29 is 0 Å². The predicted octanol–water partition coefficient (Wildman–Crippen LogP) is 14.0. The van der Waals surface area contributed by atoms with Crippen LogP contribution in [0.1, 0.15) is 0 Å². The summed E-state index contributed by atoms with van der Waals surface area (Å²) >= 11 is 0. The second-order valence-corrected chi connectivity index (χ2v) is 15.0. The Morgan fingerprint density at radius 3 is 1.66 bits per heavy atom. The van der Waals surface area contributed by atoms with Crippen LogP contribution in [0.5, 0.6) is 0 Å². The number of hydrogen-bond donors (Lipinski definition) is 0. The smallest absolute Gasteiger partial charge is 0.235 e. The van der Waals surface area contributed by atoms with Crippen LogP contribution >= 0.6 is 0 Å².